The van der Waals surface area contributed by atoms with Gasteiger partial charge in [0.05, 0.1) is 34.9 Å². The van der Waals surface area contributed by atoms with Gasteiger partial charge < -0.3 is 4.57 Å². The van der Waals surface area contributed by atoms with Gasteiger partial charge in [-0.05, 0) is 61.9 Å². The van der Waals surface area contributed by atoms with Gasteiger partial charge >= 0.3 is 0 Å². The fraction of sp³-hybridized carbons (Fsp3) is 0.0741. The van der Waals surface area contributed by atoms with Crippen LogP contribution in [0.3, 0.4) is 0 Å². The third-order valence-corrected chi connectivity index (χ3v) is 5.59. The highest BCUT2D eigenvalue weighted by molar-refractivity contribution is 6.09. The van der Waals surface area contributed by atoms with E-state index < -0.39 is 0 Å². The summed E-state index contributed by atoms with van der Waals surface area (Å²) in [6.45, 7) is 11.7. The quantitative estimate of drug-likeness (QED) is 0.304. The van der Waals surface area contributed by atoms with Gasteiger partial charge in [-0.15, -0.1) is 0 Å². The van der Waals surface area contributed by atoms with Crippen LogP contribution in [-0.2, 0) is 0 Å². The second kappa shape index (κ2) is 7.13. The van der Waals surface area contributed by atoms with E-state index in [1.54, 1.807) is 6.07 Å². The third-order valence-electron chi connectivity index (χ3n) is 5.59. The summed E-state index contributed by atoms with van der Waals surface area (Å²) in [7, 11) is 0. The molecule has 4 nitrogen and oxygen atoms in total. The summed E-state index contributed by atoms with van der Waals surface area (Å²) < 4.78 is 2.27. The number of aryl methyl sites for hydroxylation is 2. The van der Waals surface area contributed by atoms with Crippen LogP contribution < -0.4 is 0 Å². The van der Waals surface area contributed by atoms with Crippen LogP contribution in [0.15, 0.2) is 72.9 Å². The Morgan fingerprint density at radius 3 is 2.03 bits per heavy atom. The number of pyridine rings is 1. The fourth-order valence-electron chi connectivity index (χ4n) is 4.12. The molecule has 5 aromatic rings. The Labute approximate surface area is 180 Å². The van der Waals surface area contributed by atoms with Crippen LogP contribution in [-0.4, -0.2) is 9.55 Å². The van der Waals surface area contributed by atoms with E-state index in [-0.39, 0.29) is 0 Å². The van der Waals surface area contributed by atoms with Crippen molar-refractivity contribution in [1.82, 2.24) is 9.55 Å². The van der Waals surface area contributed by atoms with Gasteiger partial charge in [-0.2, -0.15) is 5.26 Å². The summed E-state index contributed by atoms with van der Waals surface area (Å²) in [5.41, 5.74) is 8.07. The maximum atomic E-state index is 9.07. The van der Waals surface area contributed by atoms with E-state index in [0.717, 1.165) is 22.3 Å². The molecule has 146 valence electrons. The molecule has 0 saturated carbocycles. The first-order valence-corrected chi connectivity index (χ1v) is 9.99. The normalized spacial score (nSPS) is 10.8. The predicted molar refractivity (Wildman–Crippen MR) is 124 cm³/mol. The predicted octanol–water partition coefficient (Wildman–Crippen LogP) is 6.89. The molecule has 0 bridgehead atoms. The maximum Gasteiger partial charge on any atom is 0.214 e. The molecule has 4 heteroatoms. The average molecular weight is 398 g/mol. The standard InChI is InChI=1S/C27H18N4/c1-17-4-10-25-22(12-17)23-13-18(2)5-11-26(23)31(25)21-8-6-20(7-9-21)27-24(29-3)14-19(15-28)16-30-27/h4-14,16H,1-2H3. The van der Waals surface area contributed by atoms with E-state index in [1.807, 2.05) is 18.2 Å². The van der Waals surface area contributed by atoms with Crippen LogP contribution >= 0.6 is 0 Å². The molecule has 0 radical (unpaired) electrons. The molecular weight excluding hydrogens is 380 g/mol. The molecule has 3 aromatic carbocycles. The van der Waals surface area contributed by atoms with Gasteiger partial charge in [-0.25, -0.2) is 4.85 Å². The number of hydrogen-bond donors (Lipinski definition) is 0. The summed E-state index contributed by atoms with van der Waals surface area (Å²) in [4.78, 5) is 7.92. The first-order chi connectivity index (χ1) is 15.1. The van der Waals surface area contributed by atoms with Gasteiger partial charge in [0.2, 0.25) is 5.69 Å². The maximum absolute atomic E-state index is 9.07. The number of aromatic nitrogens is 2. The lowest BCUT2D eigenvalue weighted by molar-refractivity contribution is 1.18. The number of nitrogens with zero attached hydrogens (tertiary/aromatic N) is 4. The van der Waals surface area contributed by atoms with Gasteiger partial charge in [0.1, 0.15) is 0 Å². The van der Waals surface area contributed by atoms with Crippen molar-refractivity contribution >= 4 is 27.5 Å². The molecule has 0 unspecified atom stereocenters. The summed E-state index contributed by atoms with van der Waals surface area (Å²) >= 11 is 0. The van der Waals surface area contributed by atoms with Gasteiger partial charge in [0.25, 0.3) is 0 Å². The number of fused-ring (bicyclic) bond motifs is 3. The molecule has 0 amide bonds. The van der Waals surface area contributed by atoms with Crippen LogP contribution in [0.1, 0.15) is 16.7 Å². The molecule has 5 rings (SSSR count). The van der Waals surface area contributed by atoms with E-state index in [9.17, 15) is 0 Å². The highest BCUT2D eigenvalue weighted by Gasteiger charge is 2.14. The molecule has 0 aliphatic heterocycles. The first kappa shape index (κ1) is 18.6. The van der Waals surface area contributed by atoms with Crippen LogP contribution in [0.5, 0.6) is 0 Å². The Bertz CT molecular complexity index is 1500. The highest BCUT2D eigenvalue weighted by Crippen LogP contribution is 2.35. The van der Waals surface area contributed by atoms with Crippen molar-refractivity contribution < 1.29 is 0 Å². The lowest BCUT2D eigenvalue weighted by Gasteiger charge is -2.10. The topological polar surface area (TPSA) is 46.0 Å². The second-order valence-corrected chi connectivity index (χ2v) is 7.74. The molecule has 0 aliphatic carbocycles. The molecule has 0 spiro atoms. The van der Waals surface area contributed by atoms with E-state index >= 15 is 0 Å². The molecule has 2 heterocycles. The lowest BCUT2D eigenvalue weighted by Crippen LogP contribution is -1.94. The molecule has 31 heavy (non-hydrogen) atoms. The Morgan fingerprint density at radius 1 is 0.871 bits per heavy atom. The Kier molecular flexibility index (Phi) is 4.28. The van der Waals surface area contributed by atoms with Crippen LogP contribution in [0.25, 0.3) is 43.6 Å². The Balaban J connectivity index is 1.69. The van der Waals surface area contributed by atoms with Crippen molar-refractivity contribution in [2.45, 2.75) is 13.8 Å². The summed E-state index contributed by atoms with van der Waals surface area (Å²) in [5, 5.41) is 11.6. The van der Waals surface area contributed by atoms with Crippen molar-refractivity contribution in [3.63, 3.8) is 0 Å². The zero-order chi connectivity index (χ0) is 21.5. The average Bonchev–Trinajstić information content (AvgIpc) is 3.11. The van der Waals surface area contributed by atoms with Crippen molar-refractivity contribution in [2.24, 2.45) is 0 Å². The number of nitriles is 1. The molecule has 0 N–H and O–H groups in total. The second-order valence-electron chi connectivity index (χ2n) is 7.74. The van der Waals surface area contributed by atoms with Gasteiger partial charge in [0.15, 0.2) is 0 Å². The van der Waals surface area contributed by atoms with Crippen LogP contribution in [0.2, 0.25) is 0 Å². The number of rotatable bonds is 2. The van der Waals surface area contributed by atoms with E-state index in [2.05, 4.69) is 76.8 Å². The SMILES string of the molecule is [C-]#[N+]c1cc(C#N)cnc1-c1ccc(-n2c3ccc(C)cc3c3cc(C)ccc32)cc1. The minimum Gasteiger partial charge on any atom is -0.309 e. The number of hydrogen-bond acceptors (Lipinski definition) is 2. The monoisotopic (exact) mass is 398 g/mol. The molecule has 0 saturated heterocycles. The van der Waals surface area contributed by atoms with Crippen molar-refractivity contribution in [2.75, 3.05) is 0 Å². The minimum atomic E-state index is 0.384. The van der Waals surface area contributed by atoms with Crippen LogP contribution in [0, 0.1) is 31.8 Å². The molecule has 0 fully saturated rings. The zero-order valence-electron chi connectivity index (χ0n) is 17.2. The zero-order valence-corrected chi connectivity index (χ0v) is 17.2. The van der Waals surface area contributed by atoms with E-state index in [4.69, 9.17) is 11.8 Å². The van der Waals surface area contributed by atoms with Gasteiger partial charge in [0, 0.05) is 22.7 Å². The fourth-order valence-corrected chi connectivity index (χ4v) is 4.12. The highest BCUT2D eigenvalue weighted by atomic mass is 15.0. The van der Waals surface area contributed by atoms with Gasteiger partial charge in [-0.3, -0.25) is 4.98 Å². The summed E-state index contributed by atoms with van der Waals surface area (Å²) in [6.07, 6.45) is 1.51. The van der Waals surface area contributed by atoms with Crippen molar-refractivity contribution in [3.05, 3.63) is 101 Å². The minimum absolute atomic E-state index is 0.384. The van der Waals surface area contributed by atoms with Crippen molar-refractivity contribution in [1.29, 1.82) is 5.26 Å². The molecule has 0 aliphatic rings. The Morgan fingerprint density at radius 2 is 1.48 bits per heavy atom. The summed E-state index contributed by atoms with van der Waals surface area (Å²) in [6, 6.07) is 24.8. The van der Waals surface area contributed by atoms with E-state index in [1.165, 1.54) is 28.1 Å². The number of benzene rings is 3. The Hall–Kier alpha value is -4.41. The third kappa shape index (κ3) is 3.03. The smallest absolute Gasteiger partial charge is 0.214 e. The van der Waals surface area contributed by atoms with Crippen LogP contribution in [0.4, 0.5) is 5.69 Å². The van der Waals surface area contributed by atoms with Gasteiger partial charge in [-0.1, -0.05) is 35.4 Å². The van der Waals surface area contributed by atoms with Crippen molar-refractivity contribution in [3.8, 4) is 23.0 Å². The molecular formula is C27H18N4. The first-order valence-electron chi connectivity index (χ1n) is 9.99. The lowest BCUT2D eigenvalue weighted by atomic mass is 10.1. The molecule has 2 aromatic heterocycles. The van der Waals surface area contributed by atoms with E-state index in [0.29, 0.717) is 16.9 Å². The largest absolute Gasteiger partial charge is 0.309 e. The summed E-state index contributed by atoms with van der Waals surface area (Å²) in [5.74, 6) is 0. The molecule has 0 atom stereocenters.